The summed E-state index contributed by atoms with van der Waals surface area (Å²) in [4.78, 5) is 2.34. The average molecular weight is 269 g/mol. The van der Waals surface area contributed by atoms with E-state index in [0.717, 1.165) is 43.4 Å². The summed E-state index contributed by atoms with van der Waals surface area (Å²) in [5, 5.41) is 0. The Bertz CT molecular complexity index is 445. The zero-order chi connectivity index (χ0) is 12.5. The van der Waals surface area contributed by atoms with E-state index in [-0.39, 0.29) is 0 Å². The van der Waals surface area contributed by atoms with Gasteiger partial charge in [0.2, 0.25) is 0 Å². The van der Waals surface area contributed by atoms with Crippen LogP contribution in [0.4, 0.5) is 5.69 Å². The molecule has 5 heteroatoms. The van der Waals surface area contributed by atoms with Crippen LogP contribution in [0.3, 0.4) is 0 Å². The van der Waals surface area contributed by atoms with Crippen LogP contribution in [-0.2, 0) is 0 Å². The monoisotopic (exact) mass is 268 g/mol. The molecule has 0 aromatic heterocycles. The van der Waals surface area contributed by atoms with Gasteiger partial charge in [0.25, 0.3) is 0 Å². The largest absolute Gasteiger partial charge is 0.486 e. The highest BCUT2D eigenvalue weighted by Crippen LogP contribution is 2.42. The summed E-state index contributed by atoms with van der Waals surface area (Å²) in [6.45, 7) is 6.94. The summed E-state index contributed by atoms with van der Waals surface area (Å²) in [6, 6.07) is 4.08. The van der Waals surface area contributed by atoms with Crippen LogP contribution in [-0.4, -0.2) is 43.8 Å². The number of aryl methyl sites for hydroxylation is 1. The standard InChI is InChI=1S/C13H17ClN2O2/c1-10-2-3-11-13(18-9-8-17-11)12(10)15-4-6-16(14)7-5-15/h2-3H,4-9H2,1H3. The first-order valence-corrected chi connectivity index (χ1v) is 6.64. The molecule has 0 spiro atoms. The smallest absolute Gasteiger partial charge is 0.184 e. The van der Waals surface area contributed by atoms with E-state index in [1.807, 2.05) is 10.5 Å². The highest BCUT2D eigenvalue weighted by atomic mass is 35.5. The predicted octanol–water partition coefficient (Wildman–Crippen LogP) is 2.04. The molecule has 2 aliphatic rings. The lowest BCUT2D eigenvalue weighted by atomic mass is 10.1. The Kier molecular flexibility index (Phi) is 3.22. The maximum atomic E-state index is 6.00. The van der Waals surface area contributed by atoms with Gasteiger partial charge in [-0.2, -0.15) is 0 Å². The number of anilines is 1. The molecular formula is C13H17ClN2O2. The van der Waals surface area contributed by atoms with Crippen LogP contribution in [0.1, 0.15) is 5.56 Å². The van der Waals surface area contributed by atoms with Crippen molar-refractivity contribution >= 4 is 17.5 Å². The average Bonchev–Trinajstić information content (AvgIpc) is 2.40. The van der Waals surface area contributed by atoms with Crippen molar-refractivity contribution in [2.24, 2.45) is 0 Å². The van der Waals surface area contributed by atoms with Crippen LogP contribution in [0, 0.1) is 6.92 Å². The second-order valence-electron chi connectivity index (χ2n) is 4.65. The molecule has 0 bridgehead atoms. The normalized spacial score (nSPS) is 20.0. The number of hydrogen-bond donors (Lipinski definition) is 0. The molecule has 1 aromatic carbocycles. The molecule has 4 nitrogen and oxygen atoms in total. The van der Waals surface area contributed by atoms with Gasteiger partial charge in [-0.25, -0.2) is 4.42 Å². The molecule has 0 amide bonds. The molecule has 1 saturated heterocycles. The lowest BCUT2D eigenvalue weighted by molar-refractivity contribution is 0.171. The lowest BCUT2D eigenvalue weighted by Crippen LogP contribution is -2.43. The minimum absolute atomic E-state index is 0.624. The molecule has 0 atom stereocenters. The van der Waals surface area contributed by atoms with Crippen molar-refractivity contribution in [3.8, 4) is 11.5 Å². The van der Waals surface area contributed by atoms with Gasteiger partial charge in [0.05, 0.1) is 5.69 Å². The number of ether oxygens (including phenoxy) is 2. The number of rotatable bonds is 1. The van der Waals surface area contributed by atoms with E-state index >= 15 is 0 Å². The summed E-state index contributed by atoms with van der Waals surface area (Å²) < 4.78 is 13.3. The number of piperazine rings is 1. The zero-order valence-electron chi connectivity index (χ0n) is 10.5. The molecule has 0 aliphatic carbocycles. The van der Waals surface area contributed by atoms with Gasteiger partial charge >= 0.3 is 0 Å². The number of fused-ring (bicyclic) bond motifs is 1. The molecule has 3 rings (SSSR count). The van der Waals surface area contributed by atoms with Gasteiger partial charge in [-0.15, -0.1) is 0 Å². The van der Waals surface area contributed by atoms with Crippen LogP contribution in [0.2, 0.25) is 0 Å². The number of halogens is 1. The van der Waals surface area contributed by atoms with E-state index in [9.17, 15) is 0 Å². The quantitative estimate of drug-likeness (QED) is 0.728. The van der Waals surface area contributed by atoms with Gasteiger partial charge < -0.3 is 14.4 Å². The molecular weight excluding hydrogens is 252 g/mol. The highest BCUT2D eigenvalue weighted by Gasteiger charge is 2.24. The first-order chi connectivity index (χ1) is 8.75. The first kappa shape index (κ1) is 11.9. The fraction of sp³-hybridized carbons (Fsp3) is 0.538. The molecule has 2 heterocycles. The molecule has 0 radical (unpaired) electrons. The lowest BCUT2D eigenvalue weighted by Gasteiger charge is -2.35. The Hall–Kier alpha value is -1.13. The molecule has 0 saturated carbocycles. The Morgan fingerprint density at radius 2 is 1.78 bits per heavy atom. The fourth-order valence-corrected chi connectivity index (χ4v) is 2.65. The zero-order valence-corrected chi connectivity index (χ0v) is 11.2. The van der Waals surface area contributed by atoms with E-state index < -0.39 is 0 Å². The van der Waals surface area contributed by atoms with E-state index in [1.165, 1.54) is 5.56 Å². The molecule has 2 aliphatic heterocycles. The second kappa shape index (κ2) is 4.86. The van der Waals surface area contributed by atoms with Crippen molar-refractivity contribution in [1.82, 2.24) is 4.42 Å². The summed E-state index contributed by atoms with van der Waals surface area (Å²) in [6.07, 6.45) is 0. The van der Waals surface area contributed by atoms with Gasteiger partial charge in [-0.05, 0) is 30.3 Å². The fourth-order valence-electron chi connectivity index (χ4n) is 2.50. The van der Waals surface area contributed by atoms with E-state index in [0.29, 0.717) is 13.2 Å². The van der Waals surface area contributed by atoms with Crippen LogP contribution in [0.25, 0.3) is 0 Å². The summed E-state index contributed by atoms with van der Waals surface area (Å²) in [5.74, 6) is 1.75. The second-order valence-corrected chi connectivity index (χ2v) is 5.13. The van der Waals surface area contributed by atoms with Crippen molar-refractivity contribution in [3.63, 3.8) is 0 Å². The topological polar surface area (TPSA) is 24.9 Å². The highest BCUT2D eigenvalue weighted by molar-refractivity contribution is 6.13. The van der Waals surface area contributed by atoms with Gasteiger partial charge in [-0.1, -0.05) is 6.07 Å². The molecule has 98 valence electrons. The molecule has 1 aromatic rings. The Labute approximate surface area is 112 Å². The van der Waals surface area contributed by atoms with Crippen LogP contribution >= 0.6 is 11.8 Å². The summed E-state index contributed by atoms with van der Waals surface area (Å²) in [7, 11) is 0. The van der Waals surface area contributed by atoms with Crippen LogP contribution in [0.5, 0.6) is 11.5 Å². The van der Waals surface area contributed by atoms with E-state index in [4.69, 9.17) is 21.3 Å². The molecule has 0 N–H and O–H groups in total. The number of hydrogen-bond acceptors (Lipinski definition) is 4. The minimum Gasteiger partial charge on any atom is -0.486 e. The van der Waals surface area contributed by atoms with E-state index in [2.05, 4.69) is 17.9 Å². The van der Waals surface area contributed by atoms with Crippen molar-refractivity contribution < 1.29 is 9.47 Å². The van der Waals surface area contributed by atoms with Crippen molar-refractivity contribution in [1.29, 1.82) is 0 Å². The maximum absolute atomic E-state index is 6.00. The maximum Gasteiger partial charge on any atom is 0.184 e. The SMILES string of the molecule is Cc1ccc2c(c1N1CCN(Cl)CC1)OCCO2. The van der Waals surface area contributed by atoms with Gasteiger partial charge in [0.1, 0.15) is 13.2 Å². The summed E-state index contributed by atoms with van der Waals surface area (Å²) in [5.41, 5.74) is 2.39. The Morgan fingerprint density at radius 1 is 1.06 bits per heavy atom. The third-order valence-electron chi connectivity index (χ3n) is 3.43. The molecule has 18 heavy (non-hydrogen) atoms. The van der Waals surface area contributed by atoms with Crippen LogP contribution in [0.15, 0.2) is 12.1 Å². The van der Waals surface area contributed by atoms with Crippen molar-refractivity contribution in [3.05, 3.63) is 17.7 Å². The molecule has 0 unspecified atom stereocenters. The Balaban J connectivity index is 1.95. The van der Waals surface area contributed by atoms with Gasteiger partial charge in [-0.3, -0.25) is 0 Å². The third-order valence-corrected chi connectivity index (χ3v) is 3.76. The number of benzene rings is 1. The van der Waals surface area contributed by atoms with Gasteiger partial charge in [0, 0.05) is 26.2 Å². The minimum atomic E-state index is 0.624. The number of nitrogens with zero attached hydrogens (tertiary/aromatic N) is 2. The predicted molar refractivity (Wildman–Crippen MR) is 71.8 cm³/mol. The Morgan fingerprint density at radius 3 is 2.56 bits per heavy atom. The van der Waals surface area contributed by atoms with Crippen molar-refractivity contribution in [2.75, 3.05) is 44.3 Å². The first-order valence-electron chi connectivity index (χ1n) is 6.30. The van der Waals surface area contributed by atoms with Crippen LogP contribution < -0.4 is 14.4 Å². The third kappa shape index (κ3) is 2.10. The van der Waals surface area contributed by atoms with Gasteiger partial charge in [0.15, 0.2) is 11.5 Å². The van der Waals surface area contributed by atoms with Crippen molar-refractivity contribution in [2.45, 2.75) is 6.92 Å². The van der Waals surface area contributed by atoms with E-state index in [1.54, 1.807) is 0 Å². The summed E-state index contributed by atoms with van der Waals surface area (Å²) >= 11 is 6.00. The molecule has 1 fully saturated rings.